The van der Waals surface area contributed by atoms with Gasteiger partial charge in [-0.3, -0.25) is 14.6 Å². The SMILES string of the molecule is CC(C)NC(=O)[C@@]1(Cc2cccc(-c3ccccc3)c2)CCN(C(=O)Cc2cccnc2)C1. The highest BCUT2D eigenvalue weighted by molar-refractivity contribution is 5.86. The summed E-state index contributed by atoms with van der Waals surface area (Å²) in [4.78, 5) is 32.4. The molecule has 0 spiro atoms. The van der Waals surface area contributed by atoms with Gasteiger partial charge in [0.15, 0.2) is 0 Å². The van der Waals surface area contributed by atoms with Crippen molar-refractivity contribution in [2.75, 3.05) is 13.1 Å². The third-order valence-electron chi connectivity index (χ3n) is 6.26. The zero-order valence-electron chi connectivity index (χ0n) is 19.3. The first-order chi connectivity index (χ1) is 15.9. The van der Waals surface area contributed by atoms with Gasteiger partial charge in [0.1, 0.15) is 0 Å². The fraction of sp³-hybridized carbons (Fsp3) is 0.321. The topological polar surface area (TPSA) is 62.3 Å². The number of likely N-dealkylation sites (tertiary alicyclic amines) is 1. The van der Waals surface area contributed by atoms with Crippen LogP contribution in [0.15, 0.2) is 79.1 Å². The minimum absolute atomic E-state index is 0.0271. The molecule has 0 bridgehead atoms. The number of carbonyl (C=O) groups excluding carboxylic acids is 2. The largest absolute Gasteiger partial charge is 0.353 e. The summed E-state index contributed by atoms with van der Waals surface area (Å²) in [7, 11) is 0. The van der Waals surface area contributed by atoms with Gasteiger partial charge in [0.2, 0.25) is 11.8 Å². The second-order valence-electron chi connectivity index (χ2n) is 9.26. The molecule has 1 aliphatic rings. The Morgan fingerprint density at radius 1 is 1.00 bits per heavy atom. The lowest BCUT2D eigenvalue weighted by atomic mass is 9.79. The molecule has 5 heteroatoms. The molecule has 1 aliphatic heterocycles. The Morgan fingerprint density at radius 2 is 1.76 bits per heavy atom. The minimum atomic E-state index is -0.635. The molecule has 2 amide bonds. The van der Waals surface area contributed by atoms with E-state index < -0.39 is 5.41 Å². The lowest BCUT2D eigenvalue weighted by Gasteiger charge is -2.29. The molecule has 3 aromatic rings. The molecular formula is C28H31N3O2. The first kappa shape index (κ1) is 22.7. The van der Waals surface area contributed by atoms with Crippen LogP contribution >= 0.6 is 0 Å². The van der Waals surface area contributed by atoms with Crippen LogP contribution in [-0.2, 0) is 22.4 Å². The maximum Gasteiger partial charge on any atom is 0.228 e. The Kier molecular flexibility index (Phi) is 6.87. The van der Waals surface area contributed by atoms with Crippen LogP contribution in [0.1, 0.15) is 31.4 Å². The fourth-order valence-electron chi connectivity index (χ4n) is 4.58. The predicted octanol–water partition coefficient (Wildman–Crippen LogP) is 4.28. The maximum absolute atomic E-state index is 13.4. The van der Waals surface area contributed by atoms with E-state index in [0.29, 0.717) is 32.4 Å². The van der Waals surface area contributed by atoms with E-state index in [1.165, 1.54) is 0 Å². The lowest BCUT2D eigenvalue weighted by Crippen LogP contribution is -2.47. The number of rotatable bonds is 7. The molecular weight excluding hydrogens is 410 g/mol. The van der Waals surface area contributed by atoms with Gasteiger partial charge < -0.3 is 10.2 Å². The number of benzene rings is 2. The van der Waals surface area contributed by atoms with E-state index in [1.807, 2.05) is 55.1 Å². The molecule has 1 fully saturated rings. The highest BCUT2D eigenvalue weighted by Crippen LogP contribution is 2.36. The molecule has 0 saturated carbocycles. The van der Waals surface area contributed by atoms with Crippen LogP contribution in [0.25, 0.3) is 11.1 Å². The van der Waals surface area contributed by atoms with Crippen LogP contribution in [0.3, 0.4) is 0 Å². The Bertz CT molecular complexity index is 1100. The monoisotopic (exact) mass is 441 g/mol. The average Bonchev–Trinajstić information content (AvgIpc) is 3.26. The van der Waals surface area contributed by atoms with Crippen LogP contribution in [-0.4, -0.2) is 40.8 Å². The quantitative estimate of drug-likeness (QED) is 0.595. The number of nitrogens with zero attached hydrogens (tertiary/aromatic N) is 2. The van der Waals surface area contributed by atoms with Gasteiger partial charge in [0, 0.05) is 31.5 Å². The van der Waals surface area contributed by atoms with Gasteiger partial charge in [-0.25, -0.2) is 0 Å². The van der Waals surface area contributed by atoms with E-state index in [4.69, 9.17) is 0 Å². The molecule has 2 aromatic carbocycles. The van der Waals surface area contributed by atoms with E-state index in [1.54, 1.807) is 12.4 Å². The van der Waals surface area contributed by atoms with Crippen LogP contribution in [0.2, 0.25) is 0 Å². The van der Waals surface area contributed by atoms with Gasteiger partial charge in [0.25, 0.3) is 0 Å². The molecule has 0 radical (unpaired) electrons. The number of aromatic nitrogens is 1. The maximum atomic E-state index is 13.4. The highest BCUT2D eigenvalue weighted by Gasteiger charge is 2.46. The second kappa shape index (κ2) is 9.99. The van der Waals surface area contributed by atoms with E-state index >= 15 is 0 Å². The van der Waals surface area contributed by atoms with Crippen LogP contribution < -0.4 is 5.32 Å². The number of nitrogens with one attached hydrogen (secondary N) is 1. The number of carbonyl (C=O) groups is 2. The van der Waals surface area contributed by atoms with Crippen molar-refractivity contribution >= 4 is 11.8 Å². The molecule has 5 nitrogen and oxygen atoms in total. The summed E-state index contributed by atoms with van der Waals surface area (Å²) in [5, 5.41) is 3.11. The smallest absolute Gasteiger partial charge is 0.228 e. The summed E-state index contributed by atoms with van der Waals surface area (Å²) in [5.74, 6) is 0.0690. The molecule has 1 atom stereocenters. The average molecular weight is 442 g/mol. The summed E-state index contributed by atoms with van der Waals surface area (Å²) in [6, 6.07) is 22.4. The summed E-state index contributed by atoms with van der Waals surface area (Å²) in [6.45, 7) is 4.97. The van der Waals surface area contributed by atoms with Crippen molar-refractivity contribution in [2.45, 2.75) is 39.2 Å². The first-order valence-electron chi connectivity index (χ1n) is 11.6. The summed E-state index contributed by atoms with van der Waals surface area (Å²) >= 11 is 0. The van der Waals surface area contributed by atoms with E-state index in [2.05, 4.69) is 40.6 Å². The molecule has 4 rings (SSSR count). The Labute approximate surface area is 195 Å². The number of amides is 2. The van der Waals surface area contributed by atoms with Gasteiger partial charge >= 0.3 is 0 Å². The summed E-state index contributed by atoms with van der Waals surface area (Å²) in [5.41, 5.74) is 3.65. The Morgan fingerprint density at radius 3 is 2.48 bits per heavy atom. The zero-order valence-corrected chi connectivity index (χ0v) is 19.3. The van der Waals surface area contributed by atoms with Crippen molar-refractivity contribution in [3.63, 3.8) is 0 Å². The third-order valence-corrected chi connectivity index (χ3v) is 6.26. The minimum Gasteiger partial charge on any atom is -0.353 e. The van der Waals surface area contributed by atoms with Crippen LogP contribution in [0.5, 0.6) is 0 Å². The van der Waals surface area contributed by atoms with Crippen LogP contribution in [0.4, 0.5) is 0 Å². The van der Waals surface area contributed by atoms with Crippen molar-refractivity contribution in [3.05, 3.63) is 90.3 Å². The Balaban J connectivity index is 1.56. The summed E-state index contributed by atoms with van der Waals surface area (Å²) in [6.07, 6.45) is 4.98. The molecule has 1 N–H and O–H groups in total. The second-order valence-corrected chi connectivity index (χ2v) is 9.26. The molecule has 1 saturated heterocycles. The number of hydrogen-bond acceptors (Lipinski definition) is 3. The lowest BCUT2D eigenvalue weighted by molar-refractivity contribution is -0.133. The zero-order chi connectivity index (χ0) is 23.3. The van der Waals surface area contributed by atoms with Crippen LogP contribution in [0, 0.1) is 5.41 Å². The van der Waals surface area contributed by atoms with Gasteiger partial charge in [0.05, 0.1) is 11.8 Å². The number of hydrogen-bond donors (Lipinski definition) is 1. The first-order valence-corrected chi connectivity index (χ1v) is 11.6. The number of pyridine rings is 1. The van der Waals surface area contributed by atoms with E-state index in [0.717, 1.165) is 22.3 Å². The van der Waals surface area contributed by atoms with Gasteiger partial charge in [-0.15, -0.1) is 0 Å². The van der Waals surface area contributed by atoms with Gasteiger partial charge in [-0.05, 0) is 55.0 Å². The van der Waals surface area contributed by atoms with Crippen molar-refractivity contribution in [3.8, 4) is 11.1 Å². The molecule has 2 heterocycles. The summed E-state index contributed by atoms with van der Waals surface area (Å²) < 4.78 is 0. The fourth-order valence-corrected chi connectivity index (χ4v) is 4.58. The van der Waals surface area contributed by atoms with Crippen molar-refractivity contribution < 1.29 is 9.59 Å². The Hall–Kier alpha value is -3.47. The molecule has 0 unspecified atom stereocenters. The van der Waals surface area contributed by atoms with Crippen molar-refractivity contribution in [1.29, 1.82) is 0 Å². The molecule has 1 aromatic heterocycles. The van der Waals surface area contributed by atoms with Gasteiger partial charge in [-0.2, -0.15) is 0 Å². The van der Waals surface area contributed by atoms with Crippen molar-refractivity contribution in [1.82, 2.24) is 15.2 Å². The molecule has 0 aliphatic carbocycles. The highest BCUT2D eigenvalue weighted by atomic mass is 16.2. The third kappa shape index (κ3) is 5.48. The van der Waals surface area contributed by atoms with E-state index in [9.17, 15) is 9.59 Å². The molecule has 33 heavy (non-hydrogen) atoms. The normalized spacial score (nSPS) is 17.8. The van der Waals surface area contributed by atoms with Crippen molar-refractivity contribution in [2.24, 2.45) is 5.41 Å². The predicted molar refractivity (Wildman–Crippen MR) is 130 cm³/mol. The van der Waals surface area contributed by atoms with Gasteiger partial charge in [-0.1, -0.05) is 60.7 Å². The standard InChI is InChI=1S/C28H31N3O2/c1-21(2)30-27(33)28(13-15-31(20-28)26(32)17-23-9-7-14-29-19-23)18-22-8-6-12-25(16-22)24-10-4-3-5-11-24/h3-12,14,16,19,21H,13,15,17-18,20H2,1-2H3,(H,30,33)/t28-/m1/s1. The molecule has 170 valence electrons. The van der Waals surface area contributed by atoms with E-state index in [-0.39, 0.29) is 17.9 Å².